The van der Waals surface area contributed by atoms with Crippen LogP contribution in [-0.4, -0.2) is 30.0 Å². The summed E-state index contributed by atoms with van der Waals surface area (Å²) in [6, 6.07) is 12.3. The number of carbonyl (C=O) groups excluding carboxylic acids is 1. The monoisotopic (exact) mass is 383 g/mol. The molecule has 0 spiro atoms. The number of hydrogen-bond donors (Lipinski definition) is 1. The molecule has 1 atom stereocenters. The Balaban J connectivity index is 1.58. The molecule has 1 fully saturated rings. The van der Waals surface area contributed by atoms with Crippen LogP contribution in [0.4, 0.5) is 17.1 Å². The molecule has 0 radical (unpaired) electrons. The summed E-state index contributed by atoms with van der Waals surface area (Å²) >= 11 is 0. The Labute approximate surface area is 164 Å². The van der Waals surface area contributed by atoms with Crippen molar-refractivity contribution in [3.8, 4) is 5.75 Å². The van der Waals surface area contributed by atoms with Crippen LogP contribution in [0.3, 0.4) is 0 Å². The fourth-order valence-electron chi connectivity index (χ4n) is 3.32. The molecule has 1 aliphatic rings. The molecule has 3 rings (SSSR count). The van der Waals surface area contributed by atoms with Gasteiger partial charge in [-0.1, -0.05) is 0 Å². The molecule has 1 unspecified atom stereocenters. The van der Waals surface area contributed by atoms with Crippen LogP contribution in [0, 0.1) is 17.0 Å². The lowest BCUT2D eigenvalue weighted by atomic mass is 10.1. The van der Waals surface area contributed by atoms with E-state index >= 15 is 0 Å². The number of aryl methyl sites for hydroxylation is 1. The third-order valence-corrected chi connectivity index (χ3v) is 4.90. The third kappa shape index (κ3) is 4.79. The highest BCUT2D eigenvalue weighted by atomic mass is 16.6. The van der Waals surface area contributed by atoms with Gasteiger partial charge in [0.1, 0.15) is 5.75 Å². The average Bonchev–Trinajstić information content (AvgIpc) is 2.69. The molecule has 2 aromatic carbocycles. The van der Waals surface area contributed by atoms with Gasteiger partial charge in [-0.25, -0.2) is 0 Å². The standard InChI is InChI=1S/C21H25N3O4/c1-15-14-19(10-11-20(15)24(26)27)28-16(2)21(25)22-17-6-8-18(9-7-17)23-12-4-3-5-13-23/h6-11,14,16H,3-5,12-13H2,1-2H3,(H,22,25). The summed E-state index contributed by atoms with van der Waals surface area (Å²) in [5.41, 5.74) is 2.39. The maximum absolute atomic E-state index is 12.4. The number of piperidine rings is 1. The van der Waals surface area contributed by atoms with Crippen molar-refractivity contribution >= 4 is 23.0 Å². The Kier molecular flexibility index (Phi) is 6.13. The summed E-state index contributed by atoms with van der Waals surface area (Å²) in [6.07, 6.45) is 2.99. The molecule has 1 N–H and O–H groups in total. The Bertz CT molecular complexity index is 845. The highest BCUT2D eigenvalue weighted by Crippen LogP contribution is 2.25. The predicted octanol–water partition coefficient (Wildman–Crippen LogP) is 4.30. The average molecular weight is 383 g/mol. The molecule has 2 aromatic rings. The van der Waals surface area contributed by atoms with Gasteiger partial charge in [0.25, 0.3) is 11.6 Å². The number of anilines is 2. The second-order valence-corrected chi connectivity index (χ2v) is 7.05. The van der Waals surface area contributed by atoms with Gasteiger partial charge in [-0.15, -0.1) is 0 Å². The summed E-state index contributed by atoms with van der Waals surface area (Å²) in [6.45, 7) is 5.43. The van der Waals surface area contributed by atoms with Gasteiger partial charge < -0.3 is 15.0 Å². The summed E-state index contributed by atoms with van der Waals surface area (Å²) in [5, 5.41) is 13.7. The van der Waals surface area contributed by atoms with Crippen molar-refractivity contribution in [1.29, 1.82) is 0 Å². The molecule has 7 heteroatoms. The minimum absolute atomic E-state index is 0.0262. The number of hydrogen-bond acceptors (Lipinski definition) is 5. The van der Waals surface area contributed by atoms with Gasteiger partial charge in [-0.3, -0.25) is 14.9 Å². The summed E-state index contributed by atoms with van der Waals surface area (Å²) in [5.74, 6) is 0.146. The van der Waals surface area contributed by atoms with Gasteiger partial charge >= 0.3 is 0 Å². The molecule has 28 heavy (non-hydrogen) atoms. The first-order chi connectivity index (χ1) is 13.4. The SMILES string of the molecule is Cc1cc(OC(C)C(=O)Nc2ccc(N3CCCCC3)cc2)ccc1[N+](=O)[O-]. The normalized spacial score (nSPS) is 15.0. The molecule has 1 aliphatic heterocycles. The highest BCUT2D eigenvalue weighted by Gasteiger charge is 2.17. The van der Waals surface area contributed by atoms with Gasteiger partial charge in [-0.05, 0) is 69.5 Å². The Morgan fingerprint density at radius 2 is 1.82 bits per heavy atom. The van der Waals surface area contributed by atoms with E-state index in [1.807, 2.05) is 24.3 Å². The number of nitro benzene ring substituents is 1. The maximum Gasteiger partial charge on any atom is 0.272 e. The number of rotatable bonds is 6. The summed E-state index contributed by atoms with van der Waals surface area (Å²) in [7, 11) is 0. The van der Waals surface area contributed by atoms with E-state index in [-0.39, 0.29) is 11.6 Å². The summed E-state index contributed by atoms with van der Waals surface area (Å²) < 4.78 is 5.64. The van der Waals surface area contributed by atoms with Gasteiger partial charge in [-0.2, -0.15) is 0 Å². The van der Waals surface area contributed by atoms with Crippen molar-refractivity contribution in [2.45, 2.75) is 39.2 Å². The number of nitrogens with zero attached hydrogens (tertiary/aromatic N) is 2. The van der Waals surface area contributed by atoms with E-state index in [0.29, 0.717) is 17.0 Å². The Hall–Kier alpha value is -3.09. The fraction of sp³-hybridized carbons (Fsp3) is 0.381. The van der Waals surface area contributed by atoms with E-state index in [0.717, 1.165) is 13.1 Å². The minimum Gasteiger partial charge on any atom is -0.481 e. The summed E-state index contributed by atoms with van der Waals surface area (Å²) in [4.78, 5) is 25.2. The van der Waals surface area contributed by atoms with Gasteiger partial charge in [0.15, 0.2) is 6.10 Å². The zero-order valence-corrected chi connectivity index (χ0v) is 16.2. The topological polar surface area (TPSA) is 84.7 Å². The highest BCUT2D eigenvalue weighted by molar-refractivity contribution is 5.94. The van der Waals surface area contributed by atoms with Gasteiger partial charge in [0, 0.05) is 36.1 Å². The van der Waals surface area contributed by atoms with Crippen molar-refractivity contribution in [3.05, 3.63) is 58.1 Å². The smallest absolute Gasteiger partial charge is 0.272 e. The Morgan fingerprint density at radius 1 is 1.14 bits per heavy atom. The van der Waals surface area contributed by atoms with Crippen molar-refractivity contribution in [2.24, 2.45) is 0 Å². The first kappa shape index (κ1) is 19.7. The fourth-order valence-corrected chi connectivity index (χ4v) is 3.32. The minimum atomic E-state index is -0.734. The maximum atomic E-state index is 12.4. The number of nitrogens with one attached hydrogen (secondary N) is 1. The first-order valence-electron chi connectivity index (χ1n) is 9.51. The number of ether oxygens (including phenoxy) is 1. The van der Waals surface area contributed by atoms with E-state index in [2.05, 4.69) is 10.2 Å². The van der Waals surface area contributed by atoms with Crippen molar-refractivity contribution < 1.29 is 14.5 Å². The zero-order chi connectivity index (χ0) is 20.1. The number of nitro groups is 1. The number of benzene rings is 2. The van der Waals surface area contributed by atoms with Crippen LogP contribution in [0.15, 0.2) is 42.5 Å². The molecule has 7 nitrogen and oxygen atoms in total. The first-order valence-corrected chi connectivity index (χ1v) is 9.51. The molecule has 0 saturated carbocycles. The molecule has 0 bridgehead atoms. The van der Waals surface area contributed by atoms with E-state index in [9.17, 15) is 14.9 Å². The van der Waals surface area contributed by atoms with Crippen LogP contribution in [0.2, 0.25) is 0 Å². The lowest BCUT2D eigenvalue weighted by molar-refractivity contribution is -0.385. The second-order valence-electron chi connectivity index (χ2n) is 7.05. The number of amides is 1. The molecule has 0 aliphatic carbocycles. The van der Waals surface area contributed by atoms with E-state index in [4.69, 9.17) is 4.74 Å². The van der Waals surface area contributed by atoms with Crippen LogP contribution >= 0.6 is 0 Å². The van der Waals surface area contributed by atoms with Crippen LogP contribution in [-0.2, 0) is 4.79 Å². The lowest BCUT2D eigenvalue weighted by Crippen LogP contribution is -2.30. The molecular weight excluding hydrogens is 358 g/mol. The van der Waals surface area contributed by atoms with Crippen molar-refractivity contribution in [2.75, 3.05) is 23.3 Å². The van der Waals surface area contributed by atoms with Gasteiger partial charge in [0.05, 0.1) is 4.92 Å². The molecular formula is C21H25N3O4. The number of carbonyl (C=O) groups is 1. The van der Waals surface area contributed by atoms with Crippen LogP contribution in [0.5, 0.6) is 5.75 Å². The third-order valence-electron chi connectivity index (χ3n) is 4.90. The van der Waals surface area contributed by atoms with Crippen LogP contribution in [0.25, 0.3) is 0 Å². The van der Waals surface area contributed by atoms with Crippen LogP contribution < -0.4 is 15.0 Å². The largest absolute Gasteiger partial charge is 0.481 e. The van der Waals surface area contributed by atoms with Gasteiger partial charge in [0.2, 0.25) is 0 Å². The van der Waals surface area contributed by atoms with E-state index in [1.54, 1.807) is 19.9 Å². The zero-order valence-electron chi connectivity index (χ0n) is 16.2. The molecule has 1 saturated heterocycles. The predicted molar refractivity (Wildman–Crippen MR) is 109 cm³/mol. The van der Waals surface area contributed by atoms with E-state index in [1.165, 1.54) is 37.1 Å². The van der Waals surface area contributed by atoms with E-state index < -0.39 is 11.0 Å². The molecule has 1 heterocycles. The van der Waals surface area contributed by atoms with Crippen molar-refractivity contribution in [1.82, 2.24) is 0 Å². The Morgan fingerprint density at radius 3 is 2.43 bits per heavy atom. The lowest BCUT2D eigenvalue weighted by Gasteiger charge is -2.28. The molecule has 148 valence electrons. The van der Waals surface area contributed by atoms with Crippen molar-refractivity contribution in [3.63, 3.8) is 0 Å². The molecule has 0 aromatic heterocycles. The second kappa shape index (κ2) is 8.73. The molecule has 1 amide bonds. The quantitative estimate of drug-likeness (QED) is 0.594. The van der Waals surface area contributed by atoms with Crippen LogP contribution in [0.1, 0.15) is 31.7 Å².